The zero-order valence-corrected chi connectivity index (χ0v) is 12.3. The average Bonchev–Trinajstić information content (AvgIpc) is 2.48. The number of nitrogens with zero attached hydrogens (tertiary/aromatic N) is 1. The lowest BCUT2D eigenvalue weighted by molar-refractivity contribution is -0.385. The van der Waals surface area contributed by atoms with Gasteiger partial charge in [0.05, 0.1) is 10.5 Å². The predicted molar refractivity (Wildman–Crippen MR) is 84.0 cm³/mol. The third kappa shape index (κ3) is 4.52. The van der Waals surface area contributed by atoms with Crippen molar-refractivity contribution in [3.05, 3.63) is 69.8 Å². The Hall–Kier alpha value is -3.02. The Morgan fingerprint density at radius 1 is 0.909 bits per heavy atom. The Morgan fingerprint density at radius 2 is 1.36 bits per heavy atom. The van der Waals surface area contributed by atoms with Crippen LogP contribution in [0.5, 0.6) is 0 Å². The number of carbonyl (C=O) groups excluding carboxylic acids is 2. The standard InChI is InChI=1S/C8H7NO3.C8H9NO/c1-6(10)7-4-2-3-5-8(7)9(11)12;1-6(10)7-4-2-3-5-8(7)9/h2-5H,1H3;2-5H,9H2,1H3. The Bertz CT molecular complexity index is 678. The van der Waals surface area contributed by atoms with Crippen molar-refractivity contribution < 1.29 is 14.5 Å². The van der Waals surface area contributed by atoms with Crippen LogP contribution in [0.3, 0.4) is 0 Å². The molecule has 0 saturated carbocycles. The molecule has 2 aromatic rings. The van der Waals surface area contributed by atoms with Crippen LogP contribution in [0.25, 0.3) is 0 Å². The molecule has 2 aromatic carbocycles. The average molecular weight is 300 g/mol. The Kier molecular flexibility index (Phi) is 5.95. The first-order valence-electron chi connectivity index (χ1n) is 6.44. The van der Waals surface area contributed by atoms with Crippen LogP contribution in [0.2, 0.25) is 0 Å². The fourth-order valence-corrected chi connectivity index (χ4v) is 1.75. The number of nitro benzene ring substituents is 1. The van der Waals surface area contributed by atoms with Gasteiger partial charge in [0, 0.05) is 17.3 Å². The van der Waals surface area contributed by atoms with Gasteiger partial charge >= 0.3 is 0 Å². The minimum absolute atomic E-state index is 0.0121. The number of ketones is 2. The third-order valence-electron chi connectivity index (χ3n) is 2.82. The number of nitro groups is 1. The molecule has 0 aliphatic rings. The number of benzene rings is 2. The molecule has 6 heteroatoms. The molecule has 0 fully saturated rings. The van der Waals surface area contributed by atoms with Gasteiger partial charge in [-0.05, 0) is 32.0 Å². The van der Waals surface area contributed by atoms with Gasteiger partial charge in [-0.3, -0.25) is 19.7 Å². The molecule has 0 unspecified atom stereocenters. The lowest BCUT2D eigenvalue weighted by atomic mass is 10.1. The number of nitrogen functional groups attached to an aromatic ring is 1. The maximum atomic E-state index is 10.9. The van der Waals surface area contributed by atoms with E-state index in [1.54, 1.807) is 24.3 Å². The van der Waals surface area contributed by atoms with Crippen LogP contribution in [-0.2, 0) is 0 Å². The van der Waals surface area contributed by atoms with Gasteiger partial charge in [0.1, 0.15) is 0 Å². The third-order valence-corrected chi connectivity index (χ3v) is 2.82. The normalized spacial score (nSPS) is 9.36. The highest BCUT2D eigenvalue weighted by Gasteiger charge is 2.14. The molecule has 0 bridgehead atoms. The maximum Gasteiger partial charge on any atom is 0.280 e. The smallest absolute Gasteiger partial charge is 0.280 e. The molecule has 0 spiro atoms. The first-order valence-corrected chi connectivity index (χ1v) is 6.44. The van der Waals surface area contributed by atoms with E-state index in [4.69, 9.17) is 5.73 Å². The molecule has 22 heavy (non-hydrogen) atoms. The van der Waals surface area contributed by atoms with E-state index < -0.39 is 4.92 Å². The summed E-state index contributed by atoms with van der Waals surface area (Å²) in [6, 6.07) is 12.9. The summed E-state index contributed by atoms with van der Waals surface area (Å²) >= 11 is 0. The molecule has 0 aliphatic carbocycles. The highest BCUT2D eigenvalue weighted by molar-refractivity contribution is 5.99. The lowest BCUT2D eigenvalue weighted by Gasteiger charge is -1.97. The molecule has 0 aliphatic heterocycles. The van der Waals surface area contributed by atoms with Crippen molar-refractivity contribution in [2.75, 3.05) is 5.73 Å². The van der Waals surface area contributed by atoms with E-state index in [-0.39, 0.29) is 22.8 Å². The molecule has 0 atom stereocenters. The topological polar surface area (TPSA) is 103 Å². The van der Waals surface area contributed by atoms with Gasteiger partial charge in [0.2, 0.25) is 0 Å². The SMILES string of the molecule is CC(=O)c1ccccc1N.CC(=O)c1ccccc1[N+](=O)[O-]. The largest absolute Gasteiger partial charge is 0.398 e. The fourth-order valence-electron chi connectivity index (χ4n) is 1.75. The molecular formula is C16H16N2O4. The summed E-state index contributed by atoms with van der Waals surface area (Å²) in [5, 5.41) is 10.4. The predicted octanol–water partition coefficient (Wildman–Crippen LogP) is 3.27. The van der Waals surface area contributed by atoms with Crippen molar-refractivity contribution in [2.45, 2.75) is 13.8 Å². The van der Waals surface area contributed by atoms with Crippen molar-refractivity contribution in [3.8, 4) is 0 Å². The van der Waals surface area contributed by atoms with Crippen molar-refractivity contribution in [2.24, 2.45) is 0 Å². The van der Waals surface area contributed by atoms with Crippen molar-refractivity contribution in [1.29, 1.82) is 0 Å². The van der Waals surface area contributed by atoms with Gasteiger partial charge in [-0.2, -0.15) is 0 Å². The summed E-state index contributed by atoms with van der Waals surface area (Å²) < 4.78 is 0. The van der Waals surface area contributed by atoms with Crippen molar-refractivity contribution >= 4 is 22.9 Å². The number of para-hydroxylation sites is 2. The molecule has 2 N–H and O–H groups in total. The quantitative estimate of drug-likeness (QED) is 0.405. The monoisotopic (exact) mass is 300 g/mol. The summed E-state index contributed by atoms with van der Waals surface area (Å²) in [6.45, 7) is 2.81. The van der Waals surface area contributed by atoms with Gasteiger partial charge in [0.25, 0.3) is 5.69 Å². The number of rotatable bonds is 3. The minimum Gasteiger partial charge on any atom is -0.398 e. The molecule has 114 valence electrons. The highest BCUT2D eigenvalue weighted by atomic mass is 16.6. The number of carbonyl (C=O) groups is 2. The molecule has 2 rings (SSSR count). The van der Waals surface area contributed by atoms with Crippen LogP contribution in [0, 0.1) is 10.1 Å². The summed E-state index contributed by atoms with van der Waals surface area (Å²) in [5.74, 6) is -0.277. The first kappa shape index (κ1) is 17.0. The second kappa shape index (κ2) is 7.68. The molecule has 0 saturated heterocycles. The molecule has 0 amide bonds. The van der Waals surface area contributed by atoms with Crippen LogP contribution in [0.15, 0.2) is 48.5 Å². The number of hydrogen-bond donors (Lipinski definition) is 1. The van der Waals surface area contributed by atoms with Gasteiger partial charge in [0.15, 0.2) is 11.6 Å². The Labute approximate surface area is 127 Å². The molecule has 0 heterocycles. The van der Waals surface area contributed by atoms with E-state index in [2.05, 4.69) is 0 Å². The van der Waals surface area contributed by atoms with Crippen LogP contribution < -0.4 is 5.73 Å². The van der Waals surface area contributed by atoms with Crippen LogP contribution >= 0.6 is 0 Å². The van der Waals surface area contributed by atoms with Gasteiger partial charge < -0.3 is 5.73 Å². The Morgan fingerprint density at radius 3 is 1.73 bits per heavy atom. The summed E-state index contributed by atoms with van der Waals surface area (Å²) in [7, 11) is 0. The molecule has 0 radical (unpaired) electrons. The second-order valence-corrected chi connectivity index (χ2v) is 4.47. The van der Waals surface area contributed by atoms with Gasteiger partial charge in [-0.25, -0.2) is 0 Å². The Balaban J connectivity index is 0.000000224. The van der Waals surface area contributed by atoms with Crippen molar-refractivity contribution in [1.82, 2.24) is 0 Å². The molecule has 0 aromatic heterocycles. The van der Waals surface area contributed by atoms with E-state index in [0.717, 1.165) is 0 Å². The fraction of sp³-hybridized carbons (Fsp3) is 0.125. The molecular weight excluding hydrogens is 284 g/mol. The zero-order chi connectivity index (χ0) is 16.7. The maximum absolute atomic E-state index is 10.9. The molecule has 6 nitrogen and oxygen atoms in total. The number of anilines is 1. The minimum atomic E-state index is -0.559. The second-order valence-electron chi connectivity index (χ2n) is 4.47. The lowest BCUT2D eigenvalue weighted by Crippen LogP contribution is -1.98. The highest BCUT2D eigenvalue weighted by Crippen LogP contribution is 2.17. The number of hydrogen-bond acceptors (Lipinski definition) is 5. The summed E-state index contributed by atoms with van der Waals surface area (Å²) in [6.07, 6.45) is 0. The van der Waals surface area contributed by atoms with Crippen LogP contribution in [0.1, 0.15) is 34.6 Å². The summed E-state index contributed by atoms with van der Waals surface area (Å²) in [4.78, 5) is 31.5. The van der Waals surface area contributed by atoms with Crippen LogP contribution in [-0.4, -0.2) is 16.5 Å². The summed E-state index contributed by atoms with van der Waals surface area (Å²) in [5.41, 5.74) is 6.67. The van der Waals surface area contributed by atoms with E-state index in [0.29, 0.717) is 11.3 Å². The van der Waals surface area contributed by atoms with E-state index in [9.17, 15) is 19.7 Å². The number of nitrogens with two attached hydrogens (primary N) is 1. The zero-order valence-electron chi connectivity index (χ0n) is 12.3. The van der Waals surface area contributed by atoms with E-state index >= 15 is 0 Å². The van der Waals surface area contributed by atoms with Crippen molar-refractivity contribution in [3.63, 3.8) is 0 Å². The van der Waals surface area contributed by atoms with Crippen LogP contribution in [0.4, 0.5) is 11.4 Å². The first-order chi connectivity index (χ1) is 10.3. The van der Waals surface area contributed by atoms with E-state index in [1.165, 1.54) is 32.0 Å². The number of Topliss-reactive ketones (excluding diaryl/α,β-unsaturated/α-hetero) is 2. The van der Waals surface area contributed by atoms with E-state index in [1.807, 2.05) is 6.07 Å². The van der Waals surface area contributed by atoms with Gasteiger partial charge in [-0.15, -0.1) is 0 Å². The van der Waals surface area contributed by atoms with Gasteiger partial charge in [-0.1, -0.05) is 24.3 Å².